The topological polar surface area (TPSA) is 75.4 Å². The summed E-state index contributed by atoms with van der Waals surface area (Å²) in [4.78, 5) is 26.8. The summed E-state index contributed by atoms with van der Waals surface area (Å²) in [5, 5.41) is 2.82. The van der Waals surface area contributed by atoms with Crippen LogP contribution >= 0.6 is 11.8 Å². The van der Waals surface area contributed by atoms with E-state index in [0.717, 1.165) is 30.2 Å². The number of hydrogen-bond acceptors (Lipinski definition) is 4. The molecule has 0 spiro atoms. The summed E-state index contributed by atoms with van der Waals surface area (Å²) in [6.45, 7) is 1.53. The molecule has 1 heterocycles. The van der Waals surface area contributed by atoms with Gasteiger partial charge in [0, 0.05) is 35.8 Å². The number of benzene rings is 2. The fourth-order valence-corrected chi connectivity index (χ4v) is 3.78. The van der Waals surface area contributed by atoms with Crippen LogP contribution in [0.1, 0.15) is 15.9 Å². The van der Waals surface area contributed by atoms with Crippen molar-refractivity contribution in [1.29, 1.82) is 0 Å². The lowest BCUT2D eigenvalue weighted by Gasteiger charge is -2.26. The molecule has 136 valence electrons. The first kappa shape index (κ1) is 18.5. The molecule has 2 amide bonds. The summed E-state index contributed by atoms with van der Waals surface area (Å²) in [7, 11) is 0. The smallest absolute Gasteiger partial charge is 0.253 e. The van der Waals surface area contributed by atoms with Gasteiger partial charge in [-0.2, -0.15) is 11.8 Å². The third kappa shape index (κ3) is 4.86. The van der Waals surface area contributed by atoms with Gasteiger partial charge in [-0.3, -0.25) is 9.59 Å². The van der Waals surface area contributed by atoms with E-state index in [9.17, 15) is 9.59 Å². The third-order valence-electron chi connectivity index (χ3n) is 4.31. The summed E-state index contributed by atoms with van der Waals surface area (Å²) < 4.78 is 0. The van der Waals surface area contributed by atoms with Crippen molar-refractivity contribution in [1.82, 2.24) is 4.90 Å². The van der Waals surface area contributed by atoms with Gasteiger partial charge in [0.2, 0.25) is 5.91 Å². The molecular formula is C20H23N3O2S. The van der Waals surface area contributed by atoms with Crippen molar-refractivity contribution < 1.29 is 9.59 Å². The van der Waals surface area contributed by atoms with Gasteiger partial charge in [0.15, 0.2) is 0 Å². The SMILES string of the molecule is N[C@@H](Cc1ccccc1)C(=O)Nc1cccc(C(=O)N2CCSCC2)c1. The molecule has 1 aliphatic rings. The molecular weight excluding hydrogens is 346 g/mol. The van der Waals surface area contributed by atoms with E-state index in [1.54, 1.807) is 24.3 Å². The minimum atomic E-state index is -0.643. The Morgan fingerprint density at radius 2 is 1.81 bits per heavy atom. The molecule has 2 aromatic carbocycles. The molecule has 0 radical (unpaired) electrons. The number of carbonyl (C=O) groups is 2. The van der Waals surface area contributed by atoms with E-state index in [4.69, 9.17) is 5.73 Å². The number of hydrogen-bond donors (Lipinski definition) is 2. The van der Waals surface area contributed by atoms with Crippen LogP contribution in [0.2, 0.25) is 0 Å². The summed E-state index contributed by atoms with van der Waals surface area (Å²) >= 11 is 1.86. The molecule has 3 N–H and O–H groups in total. The van der Waals surface area contributed by atoms with Crippen LogP contribution in [-0.4, -0.2) is 47.4 Å². The van der Waals surface area contributed by atoms with Crippen LogP contribution in [0.4, 0.5) is 5.69 Å². The number of thioether (sulfide) groups is 1. The lowest BCUT2D eigenvalue weighted by Crippen LogP contribution is -2.38. The van der Waals surface area contributed by atoms with Crippen LogP contribution in [0, 0.1) is 0 Å². The predicted octanol–water partition coefficient (Wildman–Crippen LogP) is 2.38. The lowest BCUT2D eigenvalue weighted by molar-refractivity contribution is -0.117. The Morgan fingerprint density at radius 3 is 2.54 bits per heavy atom. The number of anilines is 1. The van der Waals surface area contributed by atoms with Crippen LogP contribution in [0.3, 0.4) is 0 Å². The molecule has 0 aromatic heterocycles. The van der Waals surface area contributed by atoms with Crippen LogP contribution < -0.4 is 11.1 Å². The van der Waals surface area contributed by atoms with Gasteiger partial charge >= 0.3 is 0 Å². The molecule has 2 aromatic rings. The Balaban J connectivity index is 1.62. The van der Waals surface area contributed by atoms with E-state index >= 15 is 0 Å². The highest BCUT2D eigenvalue weighted by atomic mass is 32.2. The Morgan fingerprint density at radius 1 is 1.08 bits per heavy atom. The number of nitrogens with one attached hydrogen (secondary N) is 1. The lowest BCUT2D eigenvalue weighted by atomic mass is 10.1. The molecule has 0 unspecified atom stereocenters. The van der Waals surface area contributed by atoms with Crippen molar-refractivity contribution in [2.75, 3.05) is 29.9 Å². The normalized spacial score (nSPS) is 15.3. The van der Waals surface area contributed by atoms with Gasteiger partial charge in [0.05, 0.1) is 6.04 Å². The van der Waals surface area contributed by atoms with Crippen molar-refractivity contribution >= 4 is 29.3 Å². The molecule has 6 heteroatoms. The van der Waals surface area contributed by atoms with Gasteiger partial charge < -0.3 is 16.0 Å². The highest BCUT2D eigenvalue weighted by molar-refractivity contribution is 7.99. The van der Waals surface area contributed by atoms with Crippen molar-refractivity contribution in [3.05, 3.63) is 65.7 Å². The number of nitrogens with two attached hydrogens (primary N) is 1. The number of rotatable bonds is 5. The maximum absolute atomic E-state index is 12.6. The highest BCUT2D eigenvalue weighted by Crippen LogP contribution is 2.16. The Kier molecular flexibility index (Phi) is 6.30. The van der Waals surface area contributed by atoms with Gasteiger partial charge in [-0.05, 0) is 30.2 Å². The minimum absolute atomic E-state index is 0.00924. The molecule has 26 heavy (non-hydrogen) atoms. The Bertz CT molecular complexity index is 761. The number of carbonyl (C=O) groups excluding carboxylic acids is 2. The van der Waals surface area contributed by atoms with E-state index in [1.807, 2.05) is 47.0 Å². The molecule has 0 aliphatic carbocycles. The monoisotopic (exact) mass is 369 g/mol. The maximum atomic E-state index is 12.6. The zero-order chi connectivity index (χ0) is 18.4. The standard InChI is InChI=1S/C20H23N3O2S/c21-18(13-15-5-2-1-3-6-15)19(24)22-17-8-4-7-16(14-17)20(25)23-9-11-26-12-10-23/h1-8,14,18H,9-13,21H2,(H,22,24)/t18-/m0/s1. The van der Waals surface area contributed by atoms with Gasteiger partial charge in [-0.25, -0.2) is 0 Å². The fraction of sp³-hybridized carbons (Fsp3) is 0.300. The molecule has 1 atom stereocenters. The maximum Gasteiger partial charge on any atom is 0.253 e. The first-order chi connectivity index (χ1) is 12.6. The average molecular weight is 369 g/mol. The molecule has 0 saturated carbocycles. The van der Waals surface area contributed by atoms with Crippen molar-refractivity contribution in [2.24, 2.45) is 5.73 Å². The van der Waals surface area contributed by atoms with Gasteiger partial charge in [0.25, 0.3) is 5.91 Å². The van der Waals surface area contributed by atoms with Gasteiger partial charge in [-0.15, -0.1) is 0 Å². The number of nitrogens with zero attached hydrogens (tertiary/aromatic N) is 1. The first-order valence-electron chi connectivity index (χ1n) is 8.71. The van der Waals surface area contributed by atoms with Crippen LogP contribution in [-0.2, 0) is 11.2 Å². The van der Waals surface area contributed by atoms with E-state index in [-0.39, 0.29) is 11.8 Å². The van der Waals surface area contributed by atoms with E-state index in [1.165, 1.54) is 0 Å². The molecule has 1 aliphatic heterocycles. The molecule has 0 bridgehead atoms. The summed E-state index contributed by atoms with van der Waals surface area (Å²) in [6.07, 6.45) is 0.469. The largest absolute Gasteiger partial charge is 0.337 e. The summed E-state index contributed by atoms with van der Waals surface area (Å²) in [6, 6.07) is 16.1. The van der Waals surface area contributed by atoms with E-state index in [0.29, 0.717) is 17.7 Å². The highest BCUT2D eigenvalue weighted by Gasteiger charge is 2.19. The molecule has 5 nitrogen and oxygen atoms in total. The van der Waals surface area contributed by atoms with E-state index in [2.05, 4.69) is 5.32 Å². The molecule has 3 rings (SSSR count). The quantitative estimate of drug-likeness (QED) is 0.849. The van der Waals surface area contributed by atoms with Gasteiger partial charge in [0.1, 0.15) is 0 Å². The zero-order valence-electron chi connectivity index (χ0n) is 14.6. The fourth-order valence-electron chi connectivity index (χ4n) is 2.87. The van der Waals surface area contributed by atoms with Crippen molar-refractivity contribution in [3.63, 3.8) is 0 Å². The summed E-state index contributed by atoms with van der Waals surface area (Å²) in [5.74, 6) is 1.69. The van der Waals surface area contributed by atoms with Crippen LogP contribution in [0.15, 0.2) is 54.6 Å². The third-order valence-corrected chi connectivity index (χ3v) is 5.25. The zero-order valence-corrected chi connectivity index (χ0v) is 15.4. The van der Waals surface area contributed by atoms with Crippen LogP contribution in [0.25, 0.3) is 0 Å². The number of amides is 2. The molecule has 1 fully saturated rings. The minimum Gasteiger partial charge on any atom is -0.337 e. The second kappa shape index (κ2) is 8.87. The first-order valence-corrected chi connectivity index (χ1v) is 9.86. The van der Waals surface area contributed by atoms with Crippen LogP contribution in [0.5, 0.6) is 0 Å². The Hall–Kier alpha value is -2.31. The predicted molar refractivity (Wildman–Crippen MR) is 106 cm³/mol. The summed E-state index contributed by atoms with van der Waals surface area (Å²) in [5.41, 5.74) is 8.22. The second-order valence-corrected chi connectivity index (χ2v) is 7.50. The van der Waals surface area contributed by atoms with E-state index < -0.39 is 6.04 Å². The van der Waals surface area contributed by atoms with Gasteiger partial charge in [-0.1, -0.05) is 36.4 Å². The van der Waals surface area contributed by atoms with Crippen molar-refractivity contribution in [3.8, 4) is 0 Å². The average Bonchev–Trinajstić information content (AvgIpc) is 2.69. The van der Waals surface area contributed by atoms with Crippen molar-refractivity contribution in [2.45, 2.75) is 12.5 Å². The molecule has 1 saturated heterocycles. The second-order valence-electron chi connectivity index (χ2n) is 6.27. The Labute approximate surface area is 157 Å².